The molecule has 1 N–H and O–H groups in total. The van der Waals surface area contributed by atoms with Gasteiger partial charge in [-0.25, -0.2) is 9.83 Å². The van der Waals surface area contributed by atoms with Gasteiger partial charge in [0.1, 0.15) is 10.4 Å². The molecule has 0 bridgehead atoms. The maximum Gasteiger partial charge on any atom is 0.319 e. The van der Waals surface area contributed by atoms with Crippen LogP contribution in [0.2, 0.25) is 0 Å². The summed E-state index contributed by atoms with van der Waals surface area (Å²) in [5.74, 6) is -0.870. The van der Waals surface area contributed by atoms with Crippen molar-refractivity contribution in [3.8, 4) is 11.1 Å². The van der Waals surface area contributed by atoms with Crippen molar-refractivity contribution in [3.63, 3.8) is 0 Å². The summed E-state index contributed by atoms with van der Waals surface area (Å²) < 4.78 is 0.937. The zero-order valence-corrected chi connectivity index (χ0v) is 14.0. The number of carbonyl (C=O) groups is 1. The zero-order valence-electron chi connectivity index (χ0n) is 13.2. The smallest absolute Gasteiger partial charge is 0.319 e. The van der Waals surface area contributed by atoms with Crippen molar-refractivity contribution in [1.82, 2.24) is 9.38 Å². The first-order chi connectivity index (χ1) is 11.4. The zero-order chi connectivity index (χ0) is 17.3. The largest absolute Gasteiger partial charge is 0.480 e. The van der Waals surface area contributed by atoms with Gasteiger partial charge in [0, 0.05) is 29.0 Å². The lowest BCUT2D eigenvalue weighted by atomic mass is 10.1. The van der Waals surface area contributed by atoms with E-state index >= 15 is 0 Å². The van der Waals surface area contributed by atoms with Crippen LogP contribution in [0.4, 0.5) is 5.69 Å². The Morgan fingerprint density at radius 1 is 1.25 bits per heavy atom. The van der Waals surface area contributed by atoms with Gasteiger partial charge in [0.05, 0.1) is 6.57 Å². The van der Waals surface area contributed by atoms with Crippen LogP contribution in [-0.4, -0.2) is 25.2 Å². The number of aliphatic carboxylic acids is 1. The minimum absolute atomic E-state index is 0.564. The number of carboxylic acids is 1. The number of thioether (sulfide) groups is 1. The molecule has 3 rings (SSSR count). The van der Waals surface area contributed by atoms with E-state index in [2.05, 4.69) is 9.83 Å². The van der Waals surface area contributed by atoms with Crippen molar-refractivity contribution in [2.45, 2.75) is 23.5 Å². The summed E-state index contributed by atoms with van der Waals surface area (Å²) >= 11 is 1.29. The van der Waals surface area contributed by atoms with Crippen LogP contribution >= 0.6 is 11.8 Å². The number of nitrogens with zero attached hydrogens (tertiary/aromatic N) is 3. The molecule has 5 nitrogen and oxygen atoms in total. The topological polar surface area (TPSA) is 59.0 Å². The predicted molar refractivity (Wildman–Crippen MR) is 94.5 cm³/mol. The van der Waals surface area contributed by atoms with Crippen molar-refractivity contribution >= 4 is 29.1 Å². The van der Waals surface area contributed by atoms with Gasteiger partial charge in [-0.15, -0.1) is 11.8 Å². The Bertz CT molecular complexity index is 953. The van der Waals surface area contributed by atoms with Crippen LogP contribution in [0.15, 0.2) is 53.8 Å². The van der Waals surface area contributed by atoms with Crippen molar-refractivity contribution < 1.29 is 9.90 Å². The summed E-state index contributed by atoms with van der Waals surface area (Å²) in [6.45, 7) is 10.4. The molecule has 0 aliphatic heterocycles. The van der Waals surface area contributed by atoms with E-state index < -0.39 is 10.7 Å². The van der Waals surface area contributed by atoms with Crippen molar-refractivity contribution in [2.24, 2.45) is 0 Å². The summed E-state index contributed by atoms with van der Waals surface area (Å²) in [5.41, 5.74) is 3.10. The van der Waals surface area contributed by atoms with E-state index in [1.165, 1.54) is 11.8 Å². The number of rotatable bonds is 4. The van der Waals surface area contributed by atoms with Gasteiger partial charge in [-0.05, 0) is 25.5 Å². The summed E-state index contributed by atoms with van der Waals surface area (Å²) in [7, 11) is 0. The van der Waals surface area contributed by atoms with Gasteiger partial charge in [0.2, 0.25) is 0 Å². The van der Waals surface area contributed by atoms with E-state index in [9.17, 15) is 9.90 Å². The highest BCUT2D eigenvalue weighted by molar-refractivity contribution is 8.01. The van der Waals surface area contributed by atoms with Crippen molar-refractivity contribution in [1.29, 1.82) is 0 Å². The normalized spacial score (nSPS) is 11.4. The summed E-state index contributed by atoms with van der Waals surface area (Å²) in [6.07, 6.45) is 5.44. The molecule has 0 radical (unpaired) electrons. The number of benzene rings is 1. The molecule has 0 unspecified atom stereocenters. The predicted octanol–water partition coefficient (Wildman–Crippen LogP) is 4.51. The van der Waals surface area contributed by atoms with Crippen LogP contribution in [0, 0.1) is 6.57 Å². The first-order valence-electron chi connectivity index (χ1n) is 7.28. The Morgan fingerprint density at radius 3 is 2.58 bits per heavy atom. The fourth-order valence-electron chi connectivity index (χ4n) is 2.35. The maximum atomic E-state index is 11.5. The highest BCUT2D eigenvalue weighted by Gasteiger charge is 2.30. The molecule has 2 heterocycles. The Kier molecular flexibility index (Phi) is 4.04. The number of fused-ring (bicyclic) bond motifs is 1. The average Bonchev–Trinajstić information content (AvgIpc) is 3.03. The van der Waals surface area contributed by atoms with E-state index in [0.717, 1.165) is 21.7 Å². The first kappa shape index (κ1) is 16.1. The SMILES string of the molecule is [C-]#[N+]c1ccc(-c2c(SC(C)(C)C(=O)O)ccn3ccnc23)cc1. The minimum atomic E-state index is -0.962. The molecule has 120 valence electrons. The fraction of sp³-hybridized carbons (Fsp3) is 0.167. The third-order valence-electron chi connectivity index (χ3n) is 3.69. The molecule has 0 atom stereocenters. The number of aromatic nitrogens is 2. The van der Waals surface area contributed by atoms with Crippen LogP contribution in [0.1, 0.15) is 13.8 Å². The summed E-state index contributed by atoms with van der Waals surface area (Å²) in [5, 5.41) is 9.43. The first-order valence-corrected chi connectivity index (χ1v) is 8.10. The highest BCUT2D eigenvalue weighted by Crippen LogP contribution is 2.41. The van der Waals surface area contributed by atoms with Crippen LogP contribution in [0.25, 0.3) is 21.6 Å². The molecule has 3 aromatic rings. The third kappa shape index (κ3) is 2.86. The molecule has 0 fully saturated rings. The van der Waals surface area contributed by atoms with Gasteiger partial charge in [-0.2, -0.15) is 0 Å². The maximum absolute atomic E-state index is 11.5. The van der Waals surface area contributed by atoms with E-state index in [0.29, 0.717) is 5.69 Å². The lowest BCUT2D eigenvalue weighted by Crippen LogP contribution is -2.27. The number of imidazole rings is 1. The molecule has 1 aromatic carbocycles. The highest BCUT2D eigenvalue weighted by atomic mass is 32.2. The number of hydrogen-bond donors (Lipinski definition) is 1. The number of carboxylic acid groups (broad SMARTS) is 1. The molecular weight excluding hydrogens is 322 g/mol. The fourth-order valence-corrected chi connectivity index (χ4v) is 3.42. The van der Waals surface area contributed by atoms with Gasteiger partial charge in [-0.3, -0.25) is 4.79 Å². The van der Waals surface area contributed by atoms with Crippen LogP contribution in [0.5, 0.6) is 0 Å². The van der Waals surface area contributed by atoms with E-state index in [1.807, 2.05) is 35.0 Å². The number of pyridine rings is 1. The van der Waals surface area contributed by atoms with E-state index in [-0.39, 0.29) is 0 Å². The second-order valence-corrected chi connectivity index (χ2v) is 7.45. The van der Waals surface area contributed by atoms with Crippen molar-refractivity contribution in [2.75, 3.05) is 0 Å². The summed E-state index contributed by atoms with van der Waals surface area (Å²) in [4.78, 5) is 20.2. The lowest BCUT2D eigenvalue weighted by molar-refractivity contribution is -0.138. The standard InChI is InChI=1S/C18H15N3O2S/c1-18(2,17(22)23)24-14-8-10-21-11-9-20-16(21)15(14)12-4-6-13(19-3)7-5-12/h4-11H,1-2H3,(H,22,23). The minimum Gasteiger partial charge on any atom is -0.480 e. The number of hydrogen-bond acceptors (Lipinski definition) is 3. The molecule has 24 heavy (non-hydrogen) atoms. The molecule has 0 aliphatic carbocycles. The van der Waals surface area contributed by atoms with Gasteiger partial charge in [0.15, 0.2) is 5.69 Å². The Labute approximate surface area is 143 Å². The monoisotopic (exact) mass is 337 g/mol. The van der Waals surface area contributed by atoms with Gasteiger partial charge >= 0.3 is 5.97 Å². The average molecular weight is 337 g/mol. The third-order valence-corrected chi connectivity index (χ3v) is 4.94. The second kappa shape index (κ2) is 6.02. The van der Waals surface area contributed by atoms with Gasteiger partial charge in [-0.1, -0.05) is 24.3 Å². The van der Waals surface area contributed by atoms with Crippen LogP contribution < -0.4 is 0 Å². The second-order valence-electron chi connectivity index (χ2n) is 5.79. The Hall–Kier alpha value is -2.78. The molecule has 0 amide bonds. The van der Waals surface area contributed by atoms with E-state index in [1.54, 1.807) is 32.2 Å². The quantitative estimate of drug-likeness (QED) is 0.562. The molecule has 0 saturated carbocycles. The van der Waals surface area contributed by atoms with Crippen LogP contribution in [-0.2, 0) is 4.79 Å². The lowest BCUT2D eigenvalue weighted by Gasteiger charge is -2.21. The van der Waals surface area contributed by atoms with Crippen LogP contribution in [0.3, 0.4) is 0 Å². The van der Waals surface area contributed by atoms with Gasteiger partial charge < -0.3 is 9.51 Å². The molecular formula is C18H15N3O2S. The Morgan fingerprint density at radius 2 is 1.96 bits per heavy atom. The molecule has 0 aliphatic rings. The molecule has 0 saturated heterocycles. The summed E-state index contributed by atoms with van der Waals surface area (Å²) in [6, 6.07) is 9.16. The van der Waals surface area contributed by atoms with E-state index in [4.69, 9.17) is 6.57 Å². The molecule has 2 aromatic heterocycles. The van der Waals surface area contributed by atoms with Crippen molar-refractivity contribution in [3.05, 3.63) is 60.3 Å². The van der Waals surface area contributed by atoms with Gasteiger partial charge in [0.25, 0.3) is 0 Å². The Balaban J connectivity index is 2.19. The molecule has 6 heteroatoms. The molecule has 0 spiro atoms.